The quantitative estimate of drug-likeness (QED) is 0.880. The number of rotatable bonds is 4. The minimum absolute atomic E-state index is 0.0326. The summed E-state index contributed by atoms with van der Waals surface area (Å²) in [5.74, 6) is 0.804. The Labute approximate surface area is 122 Å². The van der Waals surface area contributed by atoms with Crippen LogP contribution in [0.25, 0.3) is 0 Å². The highest BCUT2D eigenvalue weighted by atomic mass is 32.2. The Kier molecular flexibility index (Phi) is 4.23. The van der Waals surface area contributed by atoms with Gasteiger partial charge in [0.15, 0.2) is 0 Å². The van der Waals surface area contributed by atoms with Crippen LogP contribution >= 0.6 is 11.8 Å². The molecule has 2 heterocycles. The normalized spacial score (nSPS) is 12.4. The molecule has 0 aliphatic heterocycles. The Bertz CT molecular complexity index is 630. The molecule has 0 bridgehead atoms. The summed E-state index contributed by atoms with van der Waals surface area (Å²) in [5.41, 5.74) is 2.58. The minimum atomic E-state index is -0.203. The molecule has 108 valence electrons. The first-order valence-corrected chi connectivity index (χ1v) is 7.30. The van der Waals surface area contributed by atoms with Gasteiger partial charge in [0.25, 0.3) is 0 Å². The average Bonchev–Trinajstić information content (AvgIpc) is 2.89. The summed E-state index contributed by atoms with van der Waals surface area (Å²) in [4.78, 5) is 13.3. The van der Waals surface area contributed by atoms with Gasteiger partial charge >= 0.3 is 0 Å². The van der Waals surface area contributed by atoms with Crippen molar-refractivity contribution in [1.29, 1.82) is 0 Å². The number of anilines is 1. The molecule has 2 rings (SSSR count). The van der Waals surface area contributed by atoms with E-state index in [9.17, 15) is 4.79 Å². The predicted molar refractivity (Wildman–Crippen MR) is 80.1 cm³/mol. The minimum Gasteiger partial charge on any atom is -0.468 e. The number of nitrogens with one attached hydrogen (secondary N) is 1. The van der Waals surface area contributed by atoms with Crippen molar-refractivity contribution in [2.45, 2.75) is 37.8 Å². The second kappa shape index (κ2) is 5.75. The van der Waals surface area contributed by atoms with Crippen molar-refractivity contribution in [3.8, 4) is 0 Å². The highest BCUT2D eigenvalue weighted by Crippen LogP contribution is 2.28. The van der Waals surface area contributed by atoms with Gasteiger partial charge in [-0.05, 0) is 33.8 Å². The molecule has 20 heavy (non-hydrogen) atoms. The fourth-order valence-corrected chi connectivity index (χ4v) is 2.81. The van der Waals surface area contributed by atoms with Gasteiger partial charge in [-0.2, -0.15) is 5.10 Å². The molecule has 1 N–H and O–H groups in total. The smallest absolute Gasteiger partial charge is 0.237 e. The molecule has 2 aromatic heterocycles. The Morgan fingerprint density at radius 3 is 2.65 bits per heavy atom. The van der Waals surface area contributed by atoms with E-state index >= 15 is 0 Å². The lowest BCUT2D eigenvalue weighted by atomic mass is 10.3. The SMILES string of the molecule is Cc1nn(C)c(C)c1NC(=O)[C@H](C)Sc1ccoc1C. The molecule has 2 aromatic rings. The highest BCUT2D eigenvalue weighted by molar-refractivity contribution is 8.00. The van der Waals surface area contributed by atoms with Crippen molar-refractivity contribution in [2.75, 3.05) is 5.32 Å². The van der Waals surface area contributed by atoms with Crippen LogP contribution in [0.1, 0.15) is 24.1 Å². The first kappa shape index (κ1) is 14.7. The van der Waals surface area contributed by atoms with E-state index in [1.54, 1.807) is 10.9 Å². The number of thioether (sulfide) groups is 1. The molecular weight excluding hydrogens is 274 g/mol. The number of nitrogens with zero attached hydrogens (tertiary/aromatic N) is 2. The van der Waals surface area contributed by atoms with E-state index in [0.717, 1.165) is 27.7 Å². The number of carbonyl (C=O) groups excluding carboxylic acids is 1. The molecule has 0 spiro atoms. The van der Waals surface area contributed by atoms with Gasteiger partial charge in [0.2, 0.25) is 5.91 Å². The zero-order valence-corrected chi connectivity index (χ0v) is 13.2. The summed E-state index contributed by atoms with van der Waals surface area (Å²) < 4.78 is 7.01. The van der Waals surface area contributed by atoms with Crippen LogP contribution in [0, 0.1) is 20.8 Å². The van der Waals surface area contributed by atoms with E-state index in [-0.39, 0.29) is 11.2 Å². The van der Waals surface area contributed by atoms with Crippen LogP contribution in [-0.4, -0.2) is 20.9 Å². The molecule has 0 aliphatic carbocycles. The van der Waals surface area contributed by atoms with E-state index < -0.39 is 0 Å². The van der Waals surface area contributed by atoms with Crippen molar-refractivity contribution in [1.82, 2.24) is 9.78 Å². The third kappa shape index (κ3) is 2.90. The first-order valence-electron chi connectivity index (χ1n) is 6.42. The van der Waals surface area contributed by atoms with E-state index in [0.29, 0.717) is 0 Å². The van der Waals surface area contributed by atoms with Crippen molar-refractivity contribution in [3.63, 3.8) is 0 Å². The molecule has 6 heteroatoms. The lowest BCUT2D eigenvalue weighted by Gasteiger charge is -2.11. The van der Waals surface area contributed by atoms with Gasteiger partial charge in [-0.3, -0.25) is 9.48 Å². The van der Waals surface area contributed by atoms with Gasteiger partial charge in [-0.1, -0.05) is 0 Å². The highest BCUT2D eigenvalue weighted by Gasteiger charge is 2.19. The van der Waals surface area contributed by atoms with Crippen molar-refractivity contribution in [2.24, 2.45) is 7.05 Å². The van der Waals surface area contributed by atoms with Crippen molar-refractivity contribution < 1.29 is 9.21 Å². The van der Waals surface area contributed by atoms with Crippen LogP contribution in [0.3, 0.4) is 0 Å². The summed E-state index contributed by atoms with van der Waals surface area (Å²) in [6.45, 7) is 7.60. The molecule has 0 saturated heterocycles. The fourth-order valence-electron chi connectivity index (χ4n) is 1.92. The third-order valence-electron chi connectivity index (χ3n) is 3.24. The zero-order valence-electron chi connectivity index (χ0n) is 12.4. The number of hydrogen-bond donors (Lipinski definition) is 1. The Morgan fingerprint density at radius 2 is 2.15 bits per heavy atom. The molecular formula is C14H19N3O2S. The Balaban J connectivity index is 2.06. The van der Waals surface area contributed by atoms with Gasteiger partial charge < -0.3 is 9.73 Å². The van der Waals surface area contributed by atoms with Gasteiger partial charge in [0, 0.05) is 11.9 Å². The van der Waals surface area contributed by atoms with E-state index in [2.05, 4.69) is 10.4 Å². The van der Waals surface area contributed by atoms with E-state index in [1.165, 1.54) is 11.8 Å². The molecule has 0 aliphatic rings. The zero-order chi connectivity index (χ0) is 14.9. The van der Waals surface area contributed by atoms with Gasteiger partial charge in [-0.15, -0.1) is 11.8 Å². The maximum absolute atomic E-state index is 12.3. The number of carbonyl (C=O) groups is 1. The number of aromatic nitrogens is 2. The molecule has 1 atom stereocenters. The van der Waals surface area contributed by atoms with Crippen LogP contribution in [0.2, 0.25) is 0 Å². The summed E-state index contributed by atoms with van der Waals surface area (Å²) in [6.07, 6.45) is 1.64. The fraction of sp³-hybridized carbons (Fsp3) is 0.429. The van der Waals surface area contributed by atoms with Crippen LogP contribution in [0.4, 0.5) is 5.69 Å². The monoisotopic (exact) mass is 293 g/mol. The molecule has 1 amide bonds. The maximum Gasteiger partial charge on any atom is 0.237 e. The summed E-state index contributed by atoms with van der Waals surface area (Å²) in [6, 6.07) is 1.88. The van der Waals surface area contributed by atoms with Crippen molar-refractivity contribution >= 4 is 23.4 Å². The van der Waals surface area contributed by atoms with E-state index in [1.807, 2.05) is 40.8 Å². The van der Waals surface area contributed by atoms with Gasteiger partial charge in [0.05, 0.1) is 28.6 Å². The summed E-state index contributed by atoms with van der Waals surface area (Å²) in [7, 11) is 1.87. The third-order valence-corrected chi connectivity index (χ3v) is 4.49. The number of amides is 1. The van der Waals surface area contributed by atoms with E-state index in [4.69, 9.17) is 4.42 Å². The first-order chi connectivity index (χ1) is 9.40. The largest absolute Gasteiger partial charge is 0.468 e. The predicted octanol–water partition coefficient (Wildman–Crippen LogP) is 3.06. The average molecular weight is 293 g/mol. The van der Waals surface area contributed by atoms with Crippen LogP contribution in [-0.2, 0) is 11.8 Å². The van der Waals surface area contributed by atoms with Gasteiger partial charge in [0.1, 0.15) is 5.76 Å². The number of furan rings is 1. The van der Waals surface area contributed by atoms with Crippen LogP contribution in [0.15, 0.2) is 21.6 Å². The summed E-state index contributed by atoms with van der Waals surface area (Å²) in [5, 5.41) is 7.05. The lowest BCUT2D eigenvalue weighted by molar-refractivity contribution is -0.115. The number of hydrogen-bond acceptors (Lipinski definition) is 4. The second-order valence-corrected chi connectivity index (χ2v) is 6.14. The maximum atomic E-state index is 12.3. The second-order valence-electron chi connectivity index (χ2n) is 4.76. The standard InChI is InChI=1S/C14H19N3O2S/c1-8-13(9(2)17(5)16-8)15-14(18)11(4)20-12-6-7-19-10(12)3/h6-7,11H,1-5H3,(H,15,18)/t11-/m0/s1. The Morgan fingerprint density at radius 1 is 1.45 bits per heavy atom. The van der Waals surface area contributed by atoms with Crippen LogP contribution in [0.5, 0.6) is 0 Å². The molecule has 0 saturated carbocycles. The topological polar surface area (TPSA) is 60.1 Å². The molecule has 0 unspecified atom stereocenters. The Hall–Kier alpha value is -1.69. The van der Waals surface area contributed by atoms with Gasteiger partial charge in [-0.25, -0.2) is 0 Å². The molecule has 0 aromatic carbocycles. The lowest BCUT2D eigenvalue weighted by Crippen LogP contribution is -2.23. The number of aryl methyl sites for hydroxylation is 3. The van der Waals surface area contributed by atoms with Crippen molar-refractivity contribution in [3.05, 3.63) is 29.5 Å². The molecule has 0 radical (unpaired) electrons. The molecule has 5 nitrogen and oxygen atoms in total. The van der Waals surface area contributed by atoms with Crippen LogP contribution < -0.4 is 5.32 Å². The summed E-state index contributed by atoms with van der Waals surface area (Å²) >= 11 is 1.49. The molecule has 0 fully saturated rings.